The molecule has 17 heavy (non-hydrogen) atoms. The Labute approximate surface area is 107 Å². The first-order chi connectivity index (χ1) is 8.06. The first-order valence-corrected chi connectivity index (χ1v) is 6.12. The summed E-state index contributed by atoms with van der Waals surface area (Å²) >= 11 is 5.90. The van der Waals surface area contributed by atoms with Crippen molar-refractivity contribution >= 4 is 11.6 Å². The van der Waals surface area contributed by atoms with Gasteiger partial charge in [-0.1, -0.05) is 35.4 Å². The second kappa shape index (κ2) is 4.89. The van der Waals surface area contributed by atoms with Crippen molar-refractivity contribution in [3.63, 3.8) is 0 Å². The fourth-order valence-corrected chi connectivity index (χ4v) is 2.40. The van der Waals surface area contributed by atoms with Crippen LogP contribution in [0, 0.1) is 20.8 Å². The normalized spacial score (nSPS) is 10.6. The fourth-order valence-electron chi connectivity index (χ4n) is 2.22. The first kappa shape index (κ1) is 12.1. The highest BCUT2D eigenvalue weighted by Crippen LogP contribution is 2.19. The summed E-state index contributed by atoms with van der Waals surface area (Å²) in [5.41, 5.74) is 6.33. The van der Waals surface area contributed by atoms with E-state index < -0.39 is 0 Å². The largest absolute Gasteiger partial charge is 0.241 e. The molecule has 1 heterocycles. The molecule has 0 saturated carbocycles. The summed E-state index contributed by atoms with van der Waals surface area (Å²) < 4.78 is 0. The number of benzene rings is 1. The summed E-state index contributed by atoms with van der Waals surface area (Å²) in [6.45, 7) is 6.43. The van der Waals surface area contributed by atoms with Crippen LogP contribution in [-0.4, -0.2) is 4.98 Å². The van der Waals surface area contributed by atoms with Crippen molar-refractivity contribution in [2.24, 2.45) is 0 Å². The molecule has 0 atom stereocenters. The molecule has 0 spiro atoms. The molecule has 0 aliphatic rings. The van der Waals surface area contributed by atoms with Gasteiger partial charge < -0.3 is 0 Å². The molecule has 0 N–H and O–H groups in total. The maximum atomic E-state index is 5.90. The summed E-state index contributed by atoms with van der Waals surface area (Å²) in [5, 5.41) is 0.560. The van der Waals surface area contributed by atoms with Crippen LogP contribution < -0.4 is 0 Å². The second-order valence-corrected chi connectivity index (χ2v) is 4.89. The maximum Gasteiger partial charge on any atom is 0.129 e. The molecule has 0 saturated heterocycles. The molecule has 0 aliphatic carbocycles. The zero-order valence-electron chi connectivity index (χ0n) is 10.4. The Kier molecular flexibility index (Phi) is 3.49. The Morgan fingerprint density at radius 3 is 2.29 bits per heavy atom. The monoisotopic (exact) mass is 245 g/mol. The van der Waals surface area contributed by atoms with Crippen LogP contribution in [0.15, 0.2) is 30.3 Å². The predicted molar refractivity (Wildman–Crippen MR) is 72.7 cm³/mol. The number of hydrogen-bond acceptors (Lipinski definition) is 1. The Balaban J connectivity index is 2.36. The van der Waals surface area contributed by atoms with Crippen LogP contribution in [0.1, 0.15) is 27.9 Å². The third-order valence-electron chi connectivity index (χ3n) is 2.97. The Morgan fingerprint density at radius 1 is 1.06 bits per heavy atom. The van der Waals surface area contributed by atoms with Crippen molar-refractivity contribution in [3.8, 4) is 0 Å². The topological polar surface area (TPSA) is 12.9 Å². The van der Waals surface area contributed by atoms with E-state index in [1.807, 2.05) is 12.1 Å². The average Bonchev–Trinajstić information content (AvgIpc) is 2.23. The summed E-state index contributed by atoms with van der Waals surface area (Å²) in [6, 6.07) is 10.2. The Bertz CT molecular complexity index is 523. The summed E-state index contributed by atoms with van der Waals surface area (Å²) in [4.78, 5) is 4.34. The van der Waals surface area contributed by atoms with Gasteiger partial charge in [0.2, 0.25) is 0 Å². The number of pyridine rings is 1. The van der Waals surface area contributed by atoms with E-state index in [2.05, 4.69) is 37.9 Å². The summed E-state index contributed by atoms with van der Waals surface area (Å²) in [5.74, 6) is 0. The molecule has 1 aromatic heterocycles. The van der Waals surface area contributed by atoms with Crippen LogP contribution in [0.3, 0.4) is 0 Å². The van der Waals surface area contributed by atoms with Crippen molar-refractivity contribution in [1.29, 1.82) is 0 Å². The third-order valence-corrected chi connectivity index (χ3v) is 3.18. The number of hydrogen-bond donors (Lipinski definition) is 0. The number of aromatic nitrogens is 1. The van der Waals surface area contributed by atoms with Crippen molar-refractivity contribution in [2.75, 3.05) is 0 Å². The molecule has 0 bridgehead atoms. The van der Waals surface area contributed by atoms with Crippen LogP contribution >= 0.6 is 11.6 Å². The van der Waals surface area contributed by atoms with Gasteiger partial charge in [-0.2, -0.15) is 0 Å². The first-order valence-electron chi connectivity index (χ1n) is 5.74. The van der Waals surface area contributed by atoms with Crippen molar-refractivity contribution in [1.82, 2.24) is 4.98 Å². The van der Waals surface area contributed by atoms with Gasteiger partial charge in [-0.3, -0.25) is 0 Å². The quantitative estimate of drug-likeness (QED) is 0.721. The van der Waals surface area contributed by atoms with Crippen LogP contribution in [0.25, 0.3) is 0 Å². The zero-order chi connectivity index (χ0) is 12.4. The van der Waals surface area contributed by atoms with Crippen LogP contribution in [-0.2, 0) is 6.42 Å². The van der Waals surface area contributed by atoms with Crippen LogP contribution in [0.4, 0.5) is 0 Å². The standard InChI is InChI=1S/C15H16ClN/c1-10-7-11(2)14(12(3)8-10)9-13-5-4-6-15(16)17-13/h4-8H,9H2,1-3H3. The molecule has 0 radical (unpaired) electrons. The van der Waals surface area contributed by atoms with Gasteiger partial charge in [0.15, 0.2) is 0 Å². The highest BCUT2D eigenvalue weighted by atomic mass is 35.5. The molecule has 2 rings (SSSR count). The van der Waals surface area contributed by atoms with Gasteiger partial charge in [0, 0.05) is 12.1 Å². The SMILES string of the molecule is Cc1cc(C)c(Cc2cccc(Cl)n2)c(C)c1. The van der Waals surface area contributed by atoms with E-state index in [0.29, 0.717) is 5.15 Å². The van der Waals surface area contributed by atoms with E-state index >= 15 is 0 Å². The van der Waals surface area contributed by atoms with Crippen LogP contribution in [0.5, 0.6) is 0 Å². The van der Waals surface area contributed by atoms with E-state index in [-0.39, 0.29) is 0 Å². The van der Waals surface area contributed by atoms with Crippen molar-refractivity contribution in [2.45, 2.75) is 27.2 Å². The molecule has 0 fully saturated rings. The molecule has 2 aromatic rings. The molecule has 0 aliphatic heterocycles. The van der Waals surface area contributed by atoms with E-state index in [1.54, 1.807) is 6.07 Å². The molecule has 0 amide bonds. The molecule has 0 unspecified atom stereocenters. The lowest BCUT2D eigenvalue weighted by atomic mass is 9.96. The lowest BCUT2D eigenvalue weighted by Gasteiger charge is -2.11. The molecule has 1 aromatic carbocycles. The van der Waals surface area contributed by atoms with E-state index in [4.69, 9.17) is 11.6 Å². The minimum absolute atomic E-state index is 0.560. The molecule has 88 valence electrons. The van der Waals surface area contributed by atoms with Gasteiger partial charge in [-0.15, -0.1) is 0 Å². The van der Waals surface area contributed by atoms with Crippen LogP contribution in [0.2, 0.25) is 5.15 Å². The summed E-state index contributed by atoms with van der Waals surface area (Å²) in [6.07, 6.45) is 0.846. The number of nitrogens with zero attached hydrogens (tertiary/aromatic N) is 1. The van der Waals surface area contributed by atoms with E-state index in [1.165, 1.54) is 22.3 Å². The lowest BCUT2D eigenvalue weighted by Crippen LogP contribution is -1.98. The van der Waals surface area contributed by atoms with Gasteiger partial charge >= 0.3 is 0 Å². The van der Waals surface area contributed by atoms with E-state index in [0.717, 1.165) is 12.1 Å². The highest BCUT2D eigenvalue weighted by Gasteiger charge is 2.06. The van der Waals surface area contributed by atoms with Crippen molar-refractivity contribution in [3.05, 3.63) is 63.4 Å². The van der Waals surface area contributed by atoms with Gasteiger partial charge in [0.1, 0.15) is 5.15 Å². The minimum atomic E-state index is 0.560. The van der Waals surface area contributed by atoms with Gasteiger partial charge in [0.25, 0.3) is 0 Å². The lowest BCUT2D eigenvalue weighted by molar-refractivity contribution is 1.04. The second-order valence-electron chi connectivity index (χ2n) is 4.51. The third kappa shape index (κ3) is 2.86. The molecular weight excluding hydrogens is 230 g/mol. The Morgan fingerprint density at radius 2 is 1.71 bits per heavy atom. The van der Waals surface area contributed by atoms with E-state index in [9.17, 15) is 0 Å². The highest BCUT2D eigenvalue weighted by molar-refractivity contribution is 6.29. The molecule has 2 heteroatoms. The average molecular weight is 246 g/mol. The summed E-state index contributed by atoms with van der Waals surface area (Å²) in [7, 11) is 0. The van der Waals surface area contributed by atoms with Gasteiger partial charge in [-0.25, -0.2) is 4.98 Å². The Hall–Kier alpha value is -1.34. The fraction of sp³-hybridized carbons (Fsp3) is 0.267. The van der Waals surface area contributed by atoms with Crippen molar-refractivity contribution < 1.29 is 0 Å². The minimum Gasteiger partial charge on any atom is -0.241 e. The predicted octanol–water partition coefficient (Wildman–Crippen LogP) is 4.25. The van der Waals surface area contributed by atoms with Gasteiger partial charge in [-0.05, 0) is 49.6 Å². The molecule has 1 nitrogen and oxygen atoms in total. The van der Waals surface area contributed by atoms with Gasteiger partial charge in [0.05, 0.1) is 0 Å². The zero-order valence-corrected chi connectivity index (χ0v) is 11.2. The smallest absolute Gasteiger partial charge is 0.129 e. The number of halogens is 1. The molecular formula is C15H16ClN. The maximum absolute atomic E-state index is 5.90. The number of rotatable bonds is 2. The number of aryl methyl sites for hydroxylation is 3.